The minimum Gasteiger partial charge on any atom is -0.378 e. The summed E-state index contributed by atoms with van der Waals surface area (Å²) in [6.07, 6.45) is 5.32. The second-order valence-corrected chi connectivity index (χ2v) is 7.24. The summed E-state index contributed by atoms with van der Waals surface area (Å²) in [6.45, 7) is 3.70. The number of nitriles is 1. The van der Waals surface area contributed by atoms with E-state index in [1.807, 2.05) is 4.90 Å². The molecule has 0 aromatic carbocycles. The highest BCUT2D eigenvalue weighted by Gasteiger charge is 2.31. The molecule has 1 saturated carbocycles. The van der Waals surface area contributed by atoms with Gasteiger partial charge >= 0.3 is 0 Å². The summed E-state index contributed by atoms with van der Waals surface area (Å²) in [7, 11) is 0. The normalized spacial score (nSPS) is 30.1. The van der Waals surface area contributed by atoms with Crippen molar-refractivity contribution in [2.24, 2.45) is 5.92 Å². The molecular weight excluding hydrogens is 320 g/mol. The number of nitrogens with zero attached hydrogens (tertiary/aromatic N) is 3. The van der Waals surface area contributed by atoms with E-state index in [1.165, 1.54) is 0 Å². The van der Waals surface area contributed by atoms with Crippen molar-refractivity contribution in [3.8, 4) is 6.07 Å². The summed E-state index contributed by atoms with van der Waals surface area (Å²) in [5.74, 6) is 0.413. The molecule has 2 aliphatic heterocycles. The van der Waals surface area contributed by atoms with Crippen LogP contribution in [0.3, 0.4) is 0 Å². The average molecular weight is 348 g/mol. The van der Waals surface area contributed by atoms with Gasteiger partial charge in [-0.1, -0.05) is 0 Å². The number of hydrogen-bond acceptors (Lipinski definition) is 5. The lowest BCUT2D eigenvalue weighted by molar-refractivity contribution is -0.141. The molecule has 138 valence electrons. The molecule has 0 unspecified atom stereocenters. The topological polar surface area (TPSA) is 85.7 Å². The number of morpholine rings is 1. The van der Waals surface area contributed by atoms with Gasteiger partial charge in [-0.3, -0.25) is 9.59 Å². The highest BCUT2D eigenvalue weighted by molar-refractivity contribution is 5.79. The SMILES string of the molecule is N#C[C@@H]1CCCN1C(=O)CNC1CCC(C(=O)N2CCOCC2)CC1. The van der Waals surface area contributed by atoms with E-state index in [2.05, 4.69) is 11.4 Å². The van der Waals surface area contributed by atoms with Crippen LogP contribution < -0.4 is 5.32 Å². The Labute approximate surface area is 149 Å². The van der Waals surface area contributed by atoms with Crippen LogP contribution in [0.2, 0.25) is 0 Å². The lowest BCUT2D eigenvalue weighted by atomic mass is 9.85. The third-order valence-corrected chi connectivity index (χ3v) is 5.66. The molecule has 1 N–H and O–H groups in total. The van der Waals surface area contributed by atoms with Gasteiger partial charge in [0.15, 0.2) is 0 Å². The van der Waals surface area contributed by atoms with Gasteiger partial charge in [0.05, 0.1) is 25.8 Å². The van der Waals surface area contributed by atoms with E-state index in [-0.39, 0.29) is 23.8 Å². The van der Waals surface area contributed by atoms with Crippen LogP contribution in [0.4, 0.5) is 0 Å². The molecule has 7 heteroatoms. The number of hydrogen-bond donors (Lipinski definition) is 1. The summed E-state index contributed by atoms with van der Waals surface area (Å²) < 4.78 is 5.31. The van der Waals surface area contributed by atoms with Gasteiger partial charge in [-0.15, -0.1) is 0 Å². The van der Waals surface area contributed by atoms with Crippen molar-refractivity contribution in [1.29, 1.82) is 5.26 Å². The summed E-state index contributed by atoms with van der Waals surface area (Å²) in [5, 5.41) is 12.4. The second kappa shape index (κ2) is 8.63. The van der Waals surface area contributed by atoms with E-state index < -0.39 is 0 Å². The Morgan fingerprint density at radius 3 is 2.48 bits per heavy atom. The van der Waals surface area contributed by atoms with Crippen molar-refractivity contribution in [2.75, 3.05) is 39.4 Å². The van der Waals surface area contributed by atoms with E-state index in [0.29, 0.717) is 45.4 Å². The number of likely N-dealkylation sites (tertiary alicyclic amines) is 1. The molecule has 1 atom stereocenters. The predicted molar refractivity (Wildman–Crippen MR) is 91.5 cm³/mol. The first-order valence-electron chi connectivity index (χ1n) is 9.48. The first-order valence-corrected chi connectivity index (χ1v) is 9.48. The van der Waals surface area contributed by atoms with E-state index in [9.17, 15) is 9.59 Å². The first kappa shape index (κ1) is 18.2. The number of rotatable bonds is 4. The fraction of sp³-hybridized carbons (Fsp3) is 0.833. The first-order chi connectivity index (χ1) is 12.2. The van der Waals surface area contributed by atoms with Crippen LogP contribution in [-0.2, 0) is 14.3 Å². The quantitative estimate of drug-likeness (QED) is 0.800. The zero-order chi connectivity index (χ0) is 17.6. The van der Waals surface area contributed by atoms with E-state index in [1.54, 1.807) is 4.90 Å². The summed E-state index contributed by atoms with van der Waals surface area (Å²) in [5.41, 5.74) is 0. The van der Waals surface area contributed by atoms with E-state index in [0.717, 1.165) is 38.5 Å². The maximum atomic E-state index is 12.5. The third-order valence-electron chi connectivity index (χ3n) is 5.66. The smallest absolute Gasteiger partial charge is 0.237 e. The van der Waals surface area contributed by atoms with Gasteiger partial charge in [0.1, 0.15) is 6.04 Å². The standard InChI is InChI=1S/C18H28N4O3/c19-12-16-2-1-7-22(16)17(23)13-20-15-5-3-14(4-6-15)18(24)21-8-10-25-11-9-21/h14-16,20H,1-11,13H2/t14?,15?,16-/m0/s1. The second-order valence-electron chi connectivity index (χ2n) is 7.24. The van der Waals surface area contributed by atoms with Gasteiger partial charge in [-0.2, -0.15) is 5.26 Å². The maximum Gasteiger partial charge on any atom is 0.237 e. The van der Waals surface area contributed by atoms with Gasteiger partial charge in [0, 0.05) is 31.6 Å². The molecule has 25 heavy (non-hydrogen) atoms. The predicted octanol–water partition coefficient (Wildman–Crippen LogP) is 0.508. The monoisotopic (exact) mass is 348 g/mol. The van der Waals surface area contributed by atoms with Crippen molar-refractivity contribution >= 4 is 11.8 Å². The van der Waals surface area contributed by atoms with Crippen molar-refractivity contribution in [2.45, 2.75) is 50.6 Å². The van der Waals surface area contributed by atoms with E-state index in [4.69, 9.17) is 10.00 Å². The van der Waals surface area contributed by atoms with Crippen molar-refractivity contribution in [3.05, 3.63) is 0 Å². The number of amides is 2. The Balaban J connectivity index is 1.38. The Hall–Kier alpha value is -1.65. The molecular formula is C18H28N4O3. The van der Waals surface area contributed by atoms with E-state index >= 15 is 0 Å². The lowest BCUT2D eigenvalue weighted by Crippen LogP contribution is -2.47. The fourth-order valence-corrected chi connectivity index (χ4v) is 4.12. The van der Waals surface area contributed by atoms with Gasteiger partial charge < -0.3 is 19.9 Å². The highest BCUT2D eigenvalue weighted by atomic mass is 16.5. The van der Waals surface area contributed by atoms with Crippen LogP contribution in [0.15, 0.2) is 0 Å². The molecule has 0 spiro atoms. The number of carbonyl (C=O) groups is 2. The van der Waals surface area contributed by atoms with Crippen LogP contribution in [0.1, 0.15) is 38.5 Å². The van der Waals surface area contributed by atoms with Gasteiger partial charge in [-0.25, -0.2) is 0 Å². The molecule has 2 amide bonds. The molecule has 3 aliphatic rings. The zero-order valence-corrected chi connectivity index (χ0v) is 14.8. The van der Waals surface area contributed by atoms with Crippen LogP contribution in [0.5, 0.6) is 0 Å². The average Bonchev–Trinajstić information content (AvgIpc) is 3.15. The number of nitrogens with one attached hydrogen (secondary N) is 1. The third kappa shape index (κ3) is 4.50. The Bertz CT molecular complexity index is 519. The Morgan fingerprint density at radius 1 is 1.08 bits per heavy atom. The van der Waals surface area contributed by atoms with Crippen molar-refractivity contribution in [3.63, 3.8) is 0 Å². The molecule has 7 nitrogen and oxygen atoms in total. The summed E-state index contributed by atoms with van der Waals surface area (Å²) >= 11 is 0. The Kier molecular flexibility index (Phi) is 6.27. The van der Waals surface area contributed by atoms with Crippen molar-refractivity contribution < 1.29 is 14.3 Å². The molecule has 3 rings (SSSR count). The maximum absolute atomic E-state index is 12.5. The lowest BCUT2D eigenvalue weighted by Gasteiger charge is -2.34. The zero-order valence-electron chi connectivity index (χ0n) is 14.8. The minimum atomic E-state index is -0.254. The summed E-state index contributed by atoms with van der Waals surface area (Å²) in [4.78, 5) is 28.4. The molecule has 0 aromatic heterocycles. The Morgan fingerprint density at radius 2 is 1.80 bits per heavy atom. The van der Waals surface area contributed by atoms with Crippen LogP contribution in [0.25, 0.3) is 0 Å². The molecule has 0 radical (unpaired) electrons. The van der Waals surface area contributed by atoms with Crippen LogP contribution >= 0.6 is 0 Å². The molecule has 1 aliphatic carbocycles. The number of ether oxygens (including phenoxy) is 1. The highest BCUT2D eigenvalue weighted by Crippen LogP contribution is 2.26. The molecule has 0 aromatic rings. The minimum absolute atomic E-state index is 0.0237. The molecule has 0 bridgehead atoms. The van der Waals surface area contributed by atoms with Gasteiger partial charge in [0.25, 0.3) is 0 Å². The largest absolute Gasteiger partial charge is 0.378 e. The fourth-order valence-electron chi connectivity index (χ4n) is 4.12. The van der Waals surface area contributed by atoms with Crippen LogP contribution in [-0.4, -0.2) is 73.1 Å². The molecule has 2 heterocycles. The molecule has 3 fully saturated rings. The van der Waals surface area contributed by atoms with Gasteiger partial charge in [0.2, 0.25) is 11.8 Å². The summed E-state index contributed by atoms with van der Waals surface area (Å²) in [6, 6.07) is 2.25. The van der Waals surface area contributed by atoms with Crippen LogP contribution in [0, 0.1) is 17.2 Å². The molecule has 2 saturated heterocycles. The van der Waals surface area contributed by atoms with Gasteiger partial charge in [-0.05, 0) is 38.5 Å². The van der Waals surface area contributed by atoms with Crippen molar-refractivity contribution in [1.82, 2.24) is 15.1 Å². The number of carbonyl (C=O) groups excluding carboxylic acids is 2.